The first-order valence-electron chi connectivity index (χ1n) is 9.12. The molecule has 0 radical (unpaired) electrons. The van der Waals surface area contributed by atoms with Crippen molar-refractivity contribution >= 4 is 17.8 Å². The monoisotopic (exact) mass is 355 g/mol. The fourth-order valence-electron chi connectivity index (χ4n) is 3.98. The lowest BCUT2D eigenvalue weighted by Gasteiger charge is -2.36. The van der Waals surface area contributed by atoms with Crippen molar-refractivity contribution in [2.75, 3.05) is 33.7 Å². The van der Waals surface area contributed by atoms with Crippen LogP contribution in [-0.4, -0.2) is 71.7 Å². The van der Waals surface area contributed by atoms with Crippen molar-refractivity contribution < 1.29 is 9.59 Å². The number of hydrogen-bond donors (Lipinski definition) is 1. The fourth-order valence-corrected chi connectivity index (χ4v) is 3.98. The highest BCUT2D eigenvalue weighted by Gasteiger charge is 2.46. The van der Waals surface area contributed by atoms with E-state index in [1.165, 1.54) is 11.1 Å². The SMILES string of the molecule is CN(C)C1=NC2(CCN(C(=O)CN3Cc4ccccc4C3)CC2)C(=O)N1. The highest BCUT2D eigenvalue weighted by Crippen LogP contribution is 2.30. The van der Waals surface area contributed by atoms with Crippen molar-refractivity contribution in [3.05, 3.63) is 35.4 Å². The predicted octanol–water partition coefficient (Wildman–Crippen LogP) is 0.411. The first-order valence-corrected chi connectivity index (χ1v) is 9.12. The van der Waals surface area contributed by atoms with Gasteiger partial charge in [0.2, 0.25) is 11.9 Å². The van der Waals surface area contributed by atoms with E-state index in [1.807, 2.05) is 36.0 Å². The van der Waals surface area contributed by atoms with Gasteiger partial charge in [-0.1, -0.05) is 24.3 Å². The Morgan fingerprint density at radius 3 is 2.35 bits per heavy atom. The van der Waals surface area contributed by atoms with Crippen LogP contribution in [0.1, 0.15) is 24.0 Å². The Morgan fingerprint density at radius 1 is 1.19 bits per heavy atom. The molecule has 138 valence electrons. The molecule has 1 aromatic carbocycles. The maximum atomic E-state index is 12.7. The number of piperidine rings is 1. The van der Waals surface area contributed by atoms with Crippen molar-refractivity contribution in [2.45, 2.75) is 31.5 Å². The third kappa shape index (κ3) is 2.96. The van der Waals surface area contributed by atoms with Crippen LogP contribution in [0.5, 0.6) is 0 Å². The highest BCUT2D eigenvalue weighted by atomic mass is 16.2. The average molecular weight is 355 g/mol. The van der Waals surface area contributed by atoms with E-state index >= 15 is 0 Å². The van der Waals surface area contributed by atoms with E-state index in [9.17, 15) is 9.59 Å². The number of carbonyl (C=O) groups excluding carboxylic acids is 2. The second-order valence-electron chi connectivity index (χ2n) is 7.61. The van der Waals surface area contributed by atoms with E-state index in [0.29, 0.717) is 38.4 Å². The molecule has 0 aliphatic carbocycles. The van der Waals surface area contributed by atoms with Crippen LogP contribution in [0, 0.1) is 0 Å². The van der Waals surface area contributed by atoms with Gasteiger partial charge >= 0.3 is 0 Å². The van der Waals surface area contributed by atoms with Gasteiger partial charge in [0.15, 0.2) is 0 Å². The molecule has 0 unspecified atom stereocenters. The molecule has 7 heteroatoms. The molecule has 1 aromatic rings. The summed E-state index contributed by atoms with van der Waals surface area (Å²) in [5.41, 5.74) is 1.93. The van der Waals surface area contributed by atoms with Crippen LogP contribution >= 0.6 is 0 Å². The topological polar surface area (TPSA) is 68.2 Å². The molecule has 3 aliphatic rings. The molecular formula is C19H25N5O2. The van der Waals surface area contributed by atoms with E-state index in [1.54, 1.807) is 0 Å². The van der Waals surface area contributed by atoms with Crippen LogP contribution in [0.4, 0.5) is 0 Å². The van der Waals surface area contributed by atoms with E-state index in [4.69, 9.17) is 0 Å². The minimum Gasteiger partial charge on any atom is -0.349 e. The lowest BCUT2D eigenvalue weighted by molar-refractivity contribution is -0.136. The van der Waals surface area contributed by atoms with Crippen LogP contribution in [0.2, 0.25) is 0 Å². The molecular weight excluding hydrogens is 330 g/mol. The van der Waals surface area contributed by atoms with Gasteiger partial charge in [-0.15, -0.1) is 0 Å². The minimum atomic E-state index is -0.694. The molecule has 4 rings (SSSR count). The molecule has 0 bridgehead atoms. The number of guanidine groups is 1. The number of hydrogen-bond acceptors (Lipinski definition) is 5. The van der Waals surface area contributed by atoms with Crippen LogP contribution in [0.15, 0.2) is 29.3 Å². The number of benzene rings is 1. The zero-order chi connectivity index (χ0) is 18.3. The van der Waals surface area contributed by atoms with Crippen molar-refractivity contribution in [1.29, 1.82) is 0 Å². The summed E-state index contributed by atoms with van der Waals surface area (Å²) >= 11 is 0. The standard InChI is InChI=1S/C19H25N5O2/c1-22(2)18-20-17(26)19(21-18)7-9-24(10-8-19)16(25)13-23-11-14-5-3-4-6-15(14)12-23/h3-6H,7-13H2,1-2H3,(H,20,21,26). The Morgan fingerprint density at radius 2 is 1.81 bits per heavy atom. The van der Waals surface area contributed by atoms with Crippen LogP contribution in [0.25, 0.3) is 0 Å². The van der Waals surface area contributed by atoms with E-state index in [-0.39, 0.29) is 11.8 Å². The molecule has 0 atom stereocenters. The van der Waals surface area contributed by atoms with E-state index < -0.39 is 5.54 Å². The number of aliphatic imine (C=N–C) groups is 1. The zero-order valence-electron chi connectivity index (χ0n) is 15.4. The summed E-state index contributed by atoms with van der Waals surface area (Å²) in [4.78, 5) is 35.6. The lowest BCUT2D eigenvalue weighted by Crippen LogP contribution is -2.52. The Bertz CT molecular complexity index is 740. The van der Waals surface area contributed by atoms with Crippen LogP contribution < -0.4 is 5.32 Å². The molecule has 1 spiro atoms. The highest BCUT2D eigenvalue weighted by molar-refractivity contribution is 6.07. The number of amides is 2. The number of nitrogens with one attached hydrogen (secondary N) is 1. The van der Waals surface area contributed by atoms with Gasteiger partial charge in [-0.2, -0.15) is 0 Å². The van der Waals surface area contributed by atoms with Crippen LogP contribution in [-0.2, 0) is 22.7 Å². The Kier molecular flexibility index (Phi) is 4.19. The van der Waals surface area contributed by atoms with Crippen molar-refractivity contribution in [3.63, 3.8) is 0 Å². The molecule has 1 N–H and O–H groups in total. The van der Waals surface area contributed by atoms with Gasteiger partial charge < -0.3 is 9.80 Å². The zero-order valence-corrected chi connectivity index (χ0v) is 15.4. The number of fused-ring (bicyclic) bond motifs is 1. The molecule has 0 saturated carbocycles. The summed E-state index contributed by atoms with van der Waals surface area (Å²) in [6, 6.07) is 8.35. The first-order chi connectivity index (χ1) is 12.5. The fraction of sp³-hybridized carbons (Fsp3) is 0.526. The quantitative estimate of drug-likeness (QED) is 0.834. The Hall–Kier alpha value is -2.41. The molecule has 0 aromatic heterocycles. The van der Waals surface area contributed by atoms with Gasteiger partial charge in [0.1, 0.15) is 5.54 Å². The summed E-state index contributed by atoms with van der Waals surface area (Å²) in [5.74, 6) is 0.718. The van der Waals surface area contributed by atoms with Crippen molar-refractivity contribution in [2.24, 2.45) is 4.99 Å². The summed E-state index contributed by atoms with van der Waals surface area (Å²) in [6.45, 7) is 3.26. The molecule has 3 heterocycles. The summed E-state index contributed by atoms with van der Waals surface area (Å²) < 4.78 is 0. The number of carbonyl (C=O) groups is 2. The smallest absolute Gasteiger partial charge is 0.254 e. The Balaban J connectivity index is 1.34. The van der Waals surface area contributed by atoms with Crippen LogP contribution in [0.3, 0.4) is 0 Å². The van der Waals surface area contributed by atoms with E-state index in [0.717, 1.165) is 13.1 Å². The van der Waals surface area contributed by atoms with Gasteiger partial charge in [0, 0.05) is 40.3 Å². The minimum absolute atomic E-state index is 0.0386. The number of rotatable bonds is 2. The van der Waals surface area contributed by atoms with Gasteiger partial charge in [-0.25, -0.2) is 4.99 Å². The summed E-state index contributed by atoms with van der Waals surface area (Å²) in [5, 5.41) is 2.85. The number of nitrogens with zero attached hydrogens (tertiary/aromatic N) is 4. The van der Waals surface area contributed by atoms with Gasteiger partial charge in [0.05, 0.1) is 6.54 Å². The molecule has 1 fully saturated rings. The molecule has 3 aliphatic heterocycles. The molecule has 7 nitrogen and oxygen atoms in total. The predicted molar refractivity (Wildman–Crippen MR) is 98.4 cm³/mol. The third-order valence-electron chi connectivity index (χ3n) is 5.60. The van der Waals surface area contributed by atoms with Gasteiger partial charge in [-0.3, -0.25) is 19.8 Å². The molecule has 26 heavy (non-hydrogen) atoms. The molecule has 1 saturated heterocycles. The summed E-state index contributed by atoms with van der Waals surface area (Å²) in [6.07, 6.45) is 1.17. The second-order valence-corrected chi connectivity index (χ2v) is 7.61. The van der Waals surface area contributed by atoms with Gasteiger partial charge in [-0.05, 0) is 24.0 Å². The number of likely N-dealkylation sites (tertiary alicyclic amines) is 1. The third-order valence-corrected chi connectivity index (χ3v) is 5.60. The first kappa shape index (κ1) is 17.0. The second kappa shape index (κ2) is 6.39. The largest absolute Gasteiger partial charge is 0.349 e. The van der Waals surface area contributed by atoms with E-state index in [2.05, 4.69) is 27.3 Å². The van der Waals surface area contributed by atoms with Crippen molar-refractivity contribution in [3.8, 4) is 0 Å². The molecule has 2 amide bonds. The normalized spacial score (nSPS) is 21.5. The maximum Gasteiger partial charge on any atom is 0.254 e. The van der Waals surface area contributed by atoms with Gasteiger partial charge in [0.25, 0.3) is 5.91 Å². The average Bonchev–Trinajstić information content (AvgIpc) is 3.17. The maximum absolute atomic E-state index is 12.7. The van der Waals surface area contributed by atoms with Crippen molar-refractivity contribution in [1.82, 2.24) is 20.0 Å². The lowest BCUT2D eigenvalue weighted by atomic mass is 9.88. The summed E-state index contributed by atoms with van der Waals surface area (Å²) in [7, 11) is 3.73. The Labute approximate surface area is 153 Å².